The number of benzene rings is 2. The third-order valence-corrected chi connectivity index (χ3v) is 5.73. The van der Waals surface area contributed by atoms with Gasteiger partial charge in [-0.25, -0.2) is 13.7 Å². The Morgan fingerprint density at radius 2 is 1.96 bits per heavy atom. The number of nitrogens with one attached hydrogen (secondary N) is 3. The molecule has 4 N–H and O–H groups in total. The molecule has 2 aromatic carbocycles. The first-order valence-corrected chi connectivity index (χ1v) is 9.95. The van der Waals surface area contributed by atoms with Crippen LogP contribution in [0.15, 0.2) is 59.6 Å². The summed E-state index contributed by atoms with van der Waals surface area (Å²) in [6, 6.07) is 14.0. The maximum Gasteiger partial charge on any atom is 0.134 e. The van der Waals surface area contributed by atoms with E-state index < -0.39 is 16.0 Å². The first-order chi connectivity index (χ1) is 12.9. The Morgan fingerprint density at radius 3 is 2.63 bits per heavy atom. The zero-order valence-electron chi connectivity index (χ0n) is 15.1. The highest BCUT2D eigenvalue weighted by atomic mass is 32.2. The number of aromatic nitrogens is 1. The van der Waals surface area contributed by atoms with Crippen molar-refractivity contribution in [3.8, 4) is 5.75 Å². The van der Waals surface area contributed by atoms with Gasteiger partial charge >= 0.3 is 0 Å². The smallest absolute Gasteiger partial charge is 0.134 e. The minimum atomic E-state index is -3.17. The fourth-order valence-corrected chi connectivity index (χ4v) is 3.93. The predicted octanol–water partition coefficient (Wildman–Crippen LogP) is 3.28. The van der Waals surface area contributed by atoms with Crippen LogP contribution in [0.25, 0.3) is 10.9 Å². The fraction of sp³-hybridized carbons (Fsp3) is 0.211. The average Bonchev–Trinajstić information content (AvgIpc) is 2.67. The molecule has 8 heteroatoms. The van der Waals surface area contributed by atoms with Crippen LogP contribution in [0.1, 0.15) is 6.92 Å². The Balaban J connectivity index is 1.84. The molecule has 142 valence electrons. The van der Waals surface area contributed by atoms with Crippen LogP contribution in [0.4, 0.5) is 11.4 Å². The molecule has 0 saturated heterocycles. The first-order valence-electron chi connectivity index (χ1n) is 8.40. The highest BCUT2D eigenvalue weighted by Crippen LogP contribution is 2.28. The van der Waals surface area contributed by atoms with Crippen molar-refractivity contribution in [3.63, 3.8) is 0 Å². The third-order valence-electron chi connectivity index (χ3n) is 4.06. The lowest BCUT2D eigenvalue weighted by atomic mass is 10.1. The number of nitrogens with zero attached hydrogens (tertiary/aromatic N) is 1. The summed E-state index contributed by atoms with van der Waals surface area (Å²) in [4.78, 5) is 4.72. The van der Waals surface area contributed by atoms with E-state index in [2.05, 4.69) is 15.0 Å². The molecule has 27 heavy (non-hydrogen) atoms. The Morgan fingerprint density at radius 1 is 1.22 bits per heavy atom. The van der Waals surface area contributed by atoms with Crippen LogP contribution in [-0.2, 0) is 9.92 Å². The zero-order chi connectivity index (χ0) is 19.4. The van der Waals surface area contributed by atoms with Gasteiger partial charge in [-0.15, -0.1) is 0 Å². The number of anilines is 2. The summed E-state index contributed by atoms with van der Waals surface area (Å²) in [5.41, 5.74) is 2.49. The van der Waals surface area contributed by atoms with Gasteiger partial charge in [0, 0.05) is 35.1 Å². The highest BCUT2D eigenvalue weighted by Gasteiger charge is 2.13. The Labute approximate surface area is 158 Å². The number of aliphatic hydroxyl groups excluding tert-OH is 1. The molecule has 3 aromatic rings. The van der Waals surface area contributed by atoms with Crippen LogP contribution < -0.4 is 14.8 Å². The molecule has 2 atom stereocenters. The second-order valence-electron chi connectivity index (χ2n) is 6.15. The molecule has 7 nitrogen and oxygen atoms in total. The van der Waals surface area contributed by atoms with E-state index in [1.165, 1.54) is 0 Å². The summed E-state index contributed by atoms with van der Waals surface area (Å²) in [6.07, 6.45) is 1.72. The Kier molecular flexibility index (Phi) is 5.59. The molecule has 0 saturated carbocycles. The van der Waals surface area contributed by atoms with Crippen molar-refractivity contribution in [2.75, 3.05) is 19.0 Å². The monoisotopic (exact) mass is 386 g/mol. The van der Waals surface area contributed by atoms with Crippen molar-refractivity contribution in [1.82, 2.24) is 9.71 Å². The highest BCUT2D eigenvalue weighted by molar-refractivity contribution is 7.90. The van der Waals surface area contributed by atoms with Crippen LogP contribution in [0, 0.1) is 4.78 Å². The quantitative estimate of drug-likeness (QED) is 0.498. The van der Waals surface area contributed by atoms with Crippen molar-refractivity contribution in [1.29, 1.82) is 4.78 Å². The summed E-state index contributed by atoms with van der Waals surface area (Å²) in [6.45, 7) is 1.49. The summed E-state index contributed by atoms with van der Waals surface area (Å²) >= 11 is 0. The second kappa shape index (κ2) is 7.91. The molecule has 1 aromatic heterocycles. The van der Waals surface area contributed by atoms with Crippen molar-refractivity contribution in [2.45, 2.75) is 17.9 Å². The molecule has 0 bridgehead atoms. The van der Waals surface area contributed by atoms with E-state index in [4.69, 9.17) is 14.6 Å². The molecular formula is C19H22N4O3S. The lowest BCUT2D eigenvalue weighted by Crippen LogP contribution is -2.34. The first kappa shape index (κ1) is 19.1. The van der Waals surface area contributed by atoms with Gasteiger partial charge in [0.15, 0.2) is 0 Å². The van der Waals surface area contributed by atoms with Gasteiger partial charge in [-0.1, -0.05) is 0 Å². The third kappa shape index (κ3) is 4.36. The number of hydrogen-bond acceptors (Lipinski definition) is 6. The number of fused-ring (bicyclic) bond motifs is 1. The van der Waals surface area contributed by atoms with Crippen molar-refractivity contribution in [2.24, 2.45) is 0 Å². The van der Waals surface area contributed by atoms with E-state index in [-0.39, 0.29) is 6.61 Å². The number of methoxy groups -OCH3 is 1. The molecular weight excluding hydrogens is 364 g/mol. The molecule has 0 amide bonds. The average molecular weight is 386 g/mol. The molecule has 0 unspecified atom stereocenters. The largest absolute Gasteiger partial charge is 0.497 e. The van der Waals surface area contributed by atoms with Crippen LogP contribution in [0.2, 0.25) is 0 Å². The van der Waals surface area contributed by atoms with Gasteiger partial charge < -0.3 is 15.2 Å². The van der Waals surface area contributed by atoms with Gasteiger partial charge in [0.25, 0.3) is 0 Å². The summed E-state index contributed by atoms with van der Waals surface area (Å²) in [7, 11) is -1.55. The standard InChI is InChI=1S/C19H22N4O3S/c1-13(12-24)23-27(20,25)16-6-3-14(4-7-16)22-18-9-10-21-19-11-15(26-2)5-8-17(18)19/h3-11,13,24H,12H2,1-2H3,(H,21,22)(H2,20,23,25)/t13-,27-/m1/s1. The topological polar surface area (TPSA) is 107 Å². The summed E-state index contributed by atoms with van der Waals surface area (Å²) in [5.74, 6) is 0.742. The fourth-order valence-electron chi connectivity index (χ4n) is 2.64. The summed E-state index contributed by atoms with van der Waals surface area (Å²) < 4.78 is 28.3. The maximum atomic E-state index is 12.5. The molecule has 0 aliphatic rings. The van der Waals surface area contributed by atoms with E-state index in [1.54, 1.807) is 44.5 Å². The molecule has 1 heterocycles. The molecule has 3 rings (SSSR count). The van der Waals surface area contributed by atoms with E-state index in [1.807, 2.05) is 24.3 Å². The lowest BCUT2D eigenvalue weighted by molar-refractivity contribution is 0.266. The summed E-state index contributed by atoms with van der Waals surface area (Å²) in [5, 5.41) is 13.3. The van der Waals surface area contributed by atoms with Gasteiger partial charge in [0.05, 0.1) is 24.1 Å². The molecule has 0 spiro atoms. The van der Waals surface area contributed by atoms with Gasteiger partial charge in [-0.2, -0.15) is 0 Å². The van der Waals surface area contributed by atoms with Gasteiger partial charge in [0.1, 0.15) is 15.7 Å². The second-order valence-corrected chi connectivity index (χ2v) is 7.97. The number of hydrogen-bond donors (Lipinski definition) is 4. The molecule has 0 aliphatic heterocycles. The van der Waals surface area contributed by atoms with Crippen LogP contribution in [-0.4, -0.2) is 34.1 Å². The van der Waals surface area contributed by atoms with Gasteiger partial charge in [-0.05, 0) is 49.4 Å². The van der Waals surface area contributed by atoms with Crippen LogP contribution in [0.5, 0.6) is 5.75 Å². The molecule has 0 aliphatic carbocycles. The van der Waals surface area contributed by atoms with Crippen LogP contribution in [0.3, 0.4) is 0 Å². The van der Waals surface area contributed by atoms with Crippen molar-refractivity contribution >= 4 is 32.2 Å². The molecule has 0 radical (unpaired) electrons. The maximum absolute atomic E-state index is 12.5. The lowest BCUT2D eigenvalue weighted by Gasteiger charge is -2.15. The number of pyridine rings is 1. The normalized spacial score (nSPS) is 14.5. The number of aliphatic hydroxyl groups is 1. The Hall–Kier alpha value is -2.68. The van der Waals surface area contributed by atoms with Crippen LogP contribution >= 0.6 is 0 Å². The predicted molar refractivity (Wildman–Crippen MR) is 107 cm³/mol. The van der Waals surface area contributed by atoms with E-state index in [0.717, 1.165) is 28.0 Å². The Bertz CT molecular complexity index is 1040. The van der Waals surface area contributed by atoms with Gasteiger partial charge in [0.2, 0.25) is 0 Å². The van der Waals surface area contributed by atoms with E-state index in [9.17, 15) is 4.21 Å². The number of ether oxygens (including phenoxy) is 1. The molecule has 0 fully saturated rings. The minimum Gasteiger partial charge on any atom is -0.497 e. The zero-order valence-corrected chi connectivity index (χ0v) is 15.9. The van der Waals surface area contributed by atoms with E-state index in [0.29, 0.717) is 4.90 Å². The van der Waals surface area contributed by atoms with E-state index >= 15 is 0 Å². The number of rotatable bonds is 7. The van der Waals surface area contributed by atoms with Crippen molar-refractivity contribution in [3.05, 3.63) is 54.7 Å². The SMILES string of the molecule is COc1ccc2c(Nc3ccc([S@](=N)(=O)N[C@H](C)CO)cc3)ccnc2c1. The van der Waals surface area contributed by atoms with Gasteiger partial charge in [-0.3, -0.25) is 4.98 Å². The minimum absolute atomic E-state index is 0.185. The van der Waals surface area contributed by atoms with Crippen molar-refractivity contribution < 1.29 is 14.1 Å².